The molecule has 68 heavy (non-hydrogen) atoms. The molecule has 0 aromatic rings. The number of hydrogen-bond donors (Lipinski definition) is 8. The number of nitrogens with one attached hydrogen (secondary N) is 3. The van der Waals surface area contributed by atoms with Gasteiger partial charge in [0.15, 0.2) is 16.6 Å². The molecule has 0 radical (unpaired) electrons. The molecule has 0 unspecified atom stereocenters. The molecular formula is C49H74ClN3O15. The van der Waals surface area contributed by atoms with Gasteiger partial charge in [-0.05, 0) is 97.8 Å². The Labute approximate surface area is 404 Å². The number of alkyl halides is 1. The molecule has 15 atom stereocenters. The first-order chi connectivity index (χ1) is 32.1. The van der Waals surface area contributed by atoms with Gasteiger partial charge < -0.3 is 60.4 Å². The number of amides is 3. The second-order valence-corrected chi connectivity index (χ2v) is 20.1. The van der Waals surface area contributed by atoms with Crippen LogP contribution in [0.15, 0.2) is 36.5 Å². The summed E-state index contributed by atoms with van der Waals surface area (Å²) in [6.07, 6.45) is 17.4. The summed E-state index contributed by atoms with van der Waals surface area (Å²) in [6, 6.07) is 0. The van der Waals surface area contributed by atoms with Crippen LogP contribution in [-0.2, 0) is 47.7 Å². The maximum Gasteiger partial charge on any atom is 0.337 e. The van der Waals surface area contributed by atoms with Gasteiger partial charge in [-0.15, -0.1) is 11.6 Å². The molecular weight excluding hydrogens is 906 g/mol. The fourth-order valence-electron chi connectivity index (χ4n) is 12.0. The second kappa shape index (κ2) is 22.0. The van der Waals surface area contributed by atoms with E-state index in [1.165, 1.54) is 35.2 Å². The Morgan fingerprint density at radius 1 is 0.647 bits per heavy atom. The number of aliphatic hydroxyl groups is 5. The van der Waals surface area contributed by atoms with Crippen LogP contribution >= 0.6 is 11.6 Å². The maximum absolute atomic E-state index is 12.6. The van der Waals surface area contributed by atoms with Crippen LogP contribution in [0.2, 0.25) is 0 Å². The number of ether oxygens (including phenoxy) is 4. The quantitative estimate of drug-likeness (QED) is 0.0569. The Kier molecular flexibility index (Phi) is 17.8. The lowest BCUT2D eigenvalue weighted by Gasteiger charge is -2.44. The van der Waals surface area contributed by atoms with Gasteiger partial charge in [0.05, 0.1) is 57.4 Å². The zero-order chi connectivity index (χ0) is 50.5. The SMILES string of the molecule is CCC[C@H]1C(=O)N[C@](C(=O)OC)([C@@H](O)[C@@H]2C=CCCC2)[C@@]1(C)O.COC(=O)[C@]1([C@@H](O)[C@@H]2C=CCCC2)NC(=O)[C@@H]2CCO[C@@]21C.COC(=O)[C@]1([C@@H](O)[C@@H]2C=CCCC2)NC(=O)[C@H](CCCl)[C@]1(C)O. The predicted octanol–water partition coefficient (Wildman–Crippen LogP) is 2.19. The minimum atomic E-state index is -1.90. The van der Waals surface area contributed by atoms with E-state index in [9.17, 15) is 54.3 Å². The van der Waals surface area contributed by atoms with E-state index in [4.69, 9.17) is 30.5 Å². The minimum Gasteiger partial charge on any atom is -0.467 e. The van der Waals surface area contributed by atoms with Gasteiger partial charge in [-0.2, -0.15) is 0 Å². The molecule has 3 amide bonds. The molecule has 4 fully saturated rings. The predicted molar refractivity (Wildman–Crippen MR) is 247 cm³/mol. The van der Waals surface area contributed by atoms with Gasteiger partial charge >= 0.3 is 17.9 Å². The summed E-state index contributed by atoms with van der Waals surface area (Å²) in [5.74, 6) is -6.23. The third kappa shape index (κ3) is 9.16. The monoisotopic (exact) mass is 979 g/mol. The molecule has 0 bridgehead atoms. The van der Waals surface area contributed by atoms with Gasteiger partial charge in [-0.3, -0.25) is 14.4 Å². The second-order valence-electron chi connectivity index (χ2n) is 19.7. The third-order valence-corrected chi connectivity index (χ3v) is 16.3. The van der Waals surface area contributed by atoms with E-state index in [0.717, 1.165) is 44.9 Å². The minimum absolute atomic E-state index is 0.158. The number of hydrogen-bond acceptors (Lipinski definition) is 15. The van der Waals surface area contributed by atoms with Crippen LogP contribution in [0.4, 0.5) is 0 Å². The van der Waals surface area contributed by atoms with E-state index in [1.807, 2.05) is 43.4 Å². The molecule has 19 heteroatoms. The normalized spacial score (nSPS) is 39.4. The van der Waals surface area contributed by atoms with Crippen LogP contribution in [0, 0.1) is 35.5 Å². The molecule has 4 heterocycles. The molecule has 0 spiro atoms. The van der Waals surface area contributed by atoms with Crippen LogP contribution < -0.4 is 16.0 Å². The van der Waals surface area contributed by atoms with Crippen LogP contribution in [0.1, 0.15) is 111 Å². The number of allylic oxidation sites excluding steroid dienone is 3. The summed E-state index contributed by atoms with van der Waals surface area (Å²) in [5.41, 5.74) is -9.91. The Bertz CT molecular complexity index is 1870. The zero-order valence-corrected chi connectivity index (χ0v) is 41.2. The van der Waals surface area contributed by atoms with Crippen molar-refractivity contribution >= 4 is 47.2 Å². The molecule has 382 valence electrons. The largest absolute Gasteiger partial charge is 0.467 e. The summed E-state index contributed by atoms with van der Waals surface area (Å²) in [7, 11) is 3.64. The maximum atomic E-state index is 12.6. The van der Waals surface area contributed by atoms with Crippen LogP contribution in [-0.4, -0.2) is 147 Å². The smallest absolute Gasteiger partial charge is 0.337 e. The zero-order valence-electron chi connectivity index (χ0n) is 40.5. The van der Waals surface area contributed by atoms with E-state index in [0.29, 0.717) is 38.7 Å². The fourth-order valence-corrected chi connectivity index (χ4v) is 12.3. The summed E-state index contributed by atoms with van der Waals surface area (Å²) >= 11 is 5.73. The highest BCUT2D eigenvalue weighted by Crippen LogP contribution is 2.50. The third-order valence-electron chi connectivity index (χ3n) is 16.0. The van der Waals surface area contributed by atoms with Gasteiger partial charge in [0.1, 0.15) is 16.8 Å². The van der Waals surface area contributed by atoms with E-state index in [-0.39, 0.29) is 36.0 Å². The van der Waals surface area contributed by atoms with Gasteiger partial charge in [-0.25, -0.2) is 14.4 Å². The number of methoxy groups -OCH3 is 3. The number of esters is 3. The summed E-state index contributed by atoms with van der Waals surface area (Å²) in [4.78, 5) is 74.8. The molecule has 7 aliphatic rings. The van der Waals surface area contributed by atoms with Crippen molar-refractivity contribution < 1.29 is 73.2 Å². The highest BCUT2D eigenvalue weighted by molar-refractivity contribution is 6.18. The molecule has 0 saturated carbocycles. The van der Waals surface area contributed by atoms with Crippen molar-refractivity contribution in [2.24, 2.45) is 35.5 Å². The van der Waals surface area contributed by atoms with Crippen molar-refractivity contribution in [1.82, 2.24) is 16.0 Å². The van der Waals surface area contributed by atoms with Crippen molar-refractivity contribution in [2.45, 2.75) is 163 Å². The van der Waals surface area contributed by atoms with Crippen molar-refractivity contribution in [1.29, 1.82) is 0 Å². The topological polar surface area (TPSA) is 277 Å². The summed E-state index contributed by atoms with van der Waals surface area (Å²) in [6.45, 7) is 6.87. The average Bonchev–Trinajstić information content (AvgIpc) is 3.98. The highest BCUT2D eigenvalue weighted by Gasteiger charge is 2.74. The molecule has 8 N–H and O–H groups in total. The molecule has 3 aliphatic carbocycles. The Balaban J connectivity index is 0.000000191. The molecule has 7 rings (SSSR count). The molecule has 18 nitrogen and oxygen atoms in total. The Morgan fingerprint density at radius 2 is 1.01 bits per heavy atom. The van der Waals surface area contributed by atoms with E-state index >= 15 is 0 Å². The van der Waals surface area contributed by atoms with E-state index in [2.05, 4.69) is 16.0 Å². The first-order valence-corrected chi connectivity index (χ1v) is 24.6. The Hall–Kier alpha value is -3.91. The molecule has 4 aliphatic heterocycles. The van der Waals surface area contributed by atoms with E-state index < -0.39 is 99.2 Å². The Morgan fingerprint density at radius 3 is 1.37 bits per heavy atom. The number of aliphatic hydroxyl groups excluding tert-OH is 3. The van der Waals surface area contributed by atoms with Crippen molar-refractivity contribution in [3.63, 3.8) is 0 Å². The van der Waals surface area contributed by atoms with Crippen molar-refractivity contribution in [2.75, 3.05) is 33.8 Å². The van der Waals surface area contributed by atoms with Gasteiger partial charge in [0.25, 0.3) is 0 Å². The number of carbonyl (C=O) groups excluding carboxylic acids is 6. The lowest BCUT2D eigenvalue weighted by atomic mass is 9.68. The molecule has 4 saturated heterocycles. The lowest BCUT2D eigenvalue weighted by Crippen LogP contribution is -2.70. The van der Waals surface area contributed by atoms with Gasteiger partial charge in [-0.1, -0.05) is 49.8 Å². The first kappa shape index (κ1) is 55.0. The summed E-state index contributed by atoms with van der Waals surface area (Å²) in [5, 5.41) is 62.9. The van der Waals surface area contributed by atoms with Crippen LogP contribution in [0.25, 0.3) is 0 Å². The van der Waals surface area contributed by atoms with Crippen LogP contribution in [0.5, 0.6) is 0 Å². The van der Waals surface area contributed by atoms with Gasteiger partial charge in [0, 0.05) is 30.2 Å². The first-order valence-electron chi connectivity index (χ1n) is 24.0. The molecule has 0 aromatic heterocycles. The standard InChI is InChI=1S/C17H27NO5.C16H24ClNO5.C16H23NO5/c1-4-8-12-14(20)18-17(15(21)23-3,16(12,2)22)13(19)11-9-6-5-7-10-11;1-15(22)11(8-9-17)13(20)18-16(15,14(21)23-2)12(19)10-6-4-3-5-7-10;1-15-11(8-9-22-15)13(19)17-16(15,14(20)21-2)12(18)10-6-4-3-5-7-10/h6,9,11-13,19,22H,4-5,7-8,10H2,1-3H3,(H,18,20);4,6,10-12,19,22H,3,5,7-9H2,1-2H3,(H,18,20);4,6,10-12,18H,3,5,7-9H2,1-2H3,(H,17,19)/t11-,12+,13+,16+,17+;2*10-,11+,12+,15+,16+/m111/s1. The summed E-state index contributed by atoms with van der Waals surface area (Å²) < 4.78 is 20.5. The van der Waals surface area contributed by atoms with Crippen LogP contribution in [0.3, 0.4) is 0 Å². The highest BCUT2D eigenvalue weighted by atomic mass is 35.5. The number of carbonyl (C=O) groups is 6. The van der Waals surface area contributed by atoms with E-state index in [1.54, 1.807) is 6.92 Å². The number of fused-ring (bicyclic) bond motifs is 1. The lowest BCUT2D eigenvalue weighted by molar-refractivity contribution is -0.175. The van der Waals surface area contributed by atoms with Crippen molar-refractivity contribution in [3.05, 3.63) is 36.5 Å². The average molecular weight is 981 g/mol. The fraction of sp³-hybridized carbons (Fsp3) is 0.755. The van der Waals surface area contributed by atoms with Gasteiger partial charge in [0.2, 0.25) is 17.7 Å². The number of halogens is 1. The molecule has 0 aromatic carbocycles. The van der Waals surface area contributed by atoms with Crippen molar-refractivity contribution in [3.8, 4) is 0 Å². The number of rotatable bonds is 13.